The fourth-order valence-corrected chi connectivity index (χ4v) is 0.276. The minimum atomic E-state index is 0.993. The lowest BCUT2D eigenvalue weighted by atomic mass is 10.2. The van der Waals surface area contributed by atoms with Gasteiger partial charge in [-0.15, -0.1) is 0 Å². The van der Waals surface area contributed by atoms with Crippen LogP contribution < -0.4 is 10.5 Å². The quantitative estimate of drug-likeness (QED) is 0.374. The predicted octanol–water partition coefficient (Wildman–Crippen LogP) is -0.260. The smallest absolute Gasteiger partial charge is 0.307 e. The maximum atomic E-state index is 3.01. The molecule has 0 bridgehead atoms. The highest BCUT2D eigenvalue weighted by Gasteiger charge is 1.79. The van der Waals surface area contributed by atoms with E-state index < -0.39 is 0 Å². The van der Waals surface area contributed by atoms with Crippen molar-refractivity contribution >= 4 is 7.55 Å². The molecule has 0 spiro atoms. The number of rotatable bonds is 4. The molecule has 2 nitrogen and oxygen atoms in total. The Bertz CT molecular complexity index is 28.9. The molecular formula is C4H12BN2. The molecule has 0 unspecified atom stereocenters. The average molecular weight is 99.0 g/mol. The molecule has 0 aliphatic heterocycles. The first-order valence-corrected chi connectivity index (χ1v) is 2.70. The van der Waals surface area contributed by atoms with Gasteiger partial charge in [0.2, 0.25) is 0 Å². The van der Waals surface area contributed by atoms with Crippen molar-refractivity contribution in [1.82, 2.24) is 10.5 Å². The Labute approximate surface area is 46.0 Å². The molecule has 0 saturated heterocycles. The molecule has 41 valence electrons. The summed E-state index contributed by atoms with van der Waals surface area (Å²) in [4.78, 5) is 0. The molecule has 2 N–H and O–H groups in total. The Balaban J connectivity index is 2.45. The highest BCUT2D eigenvalue weighted by molar-refractivity contribution is 6.28. The fraction of sp³-hybridized carbons (Fsp3) is 1.00. The lowest BCUT2D eigenvalue weighted by molar-refractivity contribution is 0.924. The highest BCUT2D eigenvalue weighted by Crippen LogP contribution is 1.47. The molecule has 1 radical (unpaired) electrons. The van der Waals surface area contributed by atoms with E-state index in [0.29, 0.717) is 0 Å². The summed E-state index contributed by atoms with van der Waals surface area (Å²) in [6.07, 6.45) is 0. The summed E-state index contributed by atoms with van der Waals surface area (Å²) >= 11 is 0. The first-order chi connectivity index (χ1) is 3.41. The minimum Gasteiger partial charge on any atom is -0.346 e. The van der Waals surface area contributed by atoms with Gasteiger partial charge in [0, 0.05) is 0 Å². The zero-order valence-corrected chi connectivity index (χ0v) is 4.99. The zero-order chi connectivity index (χ0) is 5.54. The van der Waals surface area contributed by atoms with Crippen LogP contribution >= 0.6 is 0 Å². The SMILES string of the molecule is CCN[B]NCC. The molecule has 0 rings (SSSR count). The lowest BCUT2D eigenvalue weighted by Crippen LogP contribution is -2.32. The van der Waals surface area contributed by atoms with Crippen LogP contribution in [0.1, 0.15) is 13.8 Å². The van der Waals surface area contributed by atoms with E-state index in [0.717, 1.165) is 13.1 Å². The Hall–Kier alpha value is -0.0151. The molecule has 0 aliphatic carbocycles. The normalized spacial score (nSPS) is 8.86. The van der Waals surface area contributed by atoms with Crippen LogP contribution in [0, 0.1) is 0 Å². The summed E-state index contributed by atoms with van der Waals surface area (Å²) < 4.78 is 0. The molecule has 0 aromatic carbocycles. The van der Waals surface area contributed by atoms with E-state index in [1.165, 1.54) is 0 Å². The summed E-state index contributed by atoms with van der Waals surface area (Å²) in [5.41, 5.74) is 0. The number of hydrogen-bond donors (Lipinski definition) is 2. The van der Waals surface area contributed by atoms with Gasteiger partial charge in [-0.2, -0.15) is 0 Å². The third kappa shape index (κ3) is 5.98. The van der Waals surface area contributed by atoms with E-state index in [1.54, 1.807) is 0 Å². The van der Waals surface area contributed by atoms with Gasteiger partial charge < -0.3 is 10.5 Å². The van der Waals surface area contributed by atoms with Crippen molar-refractivity contribution in [2.75, 3.05) is 13.1 Å². The average Bonchev–Trinajstić information content (AvgIpc) is 1.69. The summed E-state index contributed by atoms with van der Waals surface area (Å²) in [6.45, 7) is 6.11. The fourth-order valence-electron chi connectivity index (χ4n) is 0.276. The van der Waals surface area contributed by atoms with E-state index in [2.05, 4.69) is 24.3 Å². The molecule has 7 heavy (non-hydrogen) atoms. The van der Waals surface area contributed by atoms with Gasteiger partial charge in [-0.05, 0) is 13.1 Å². The first kappa shape index (κ1) is 6.98. The van der Waals surface area contributed by atoms with Gasteiger partial charge in [0.1, 0.15) is 0 Å². The molecule has 0 amide bonds. The van der Waals surface area contributed by atoms with Crippen molar-refractivity contribution in [3.8, 4) is 0 Å². The largest absolute Gasteiger partial charge is 0.346 e. The van der Waals surface area contributed by atoms with Crippen LogP contribution in [0.25, 0.3) is 0 Å². The summed E-state index contributed by atoms with van der Waals surface area (Å²) in [5.74, 6) is 0. The van der Waals surface area contributed by atoms with Crippen LogP contribution in [0.4, 0.5) is 0 Å². The second-order valence-corrected chi connectivity index (χ2v) is 1.26. The molecular weight excluding hydrogens is 86.9 g/mol. The van der Waals surface area contributed by atoms with Gasteiger partial charge in [-0.1, -0.05) is 13.8 Å². The third-order valence-electron chi connectivity index (χ3n) is 0.612. The molecule has 0 heterocycles. The van der Waals surface area contributed by atoms with Crippen LogP contribution in [0.3, 0.4) is 0 Å². The van der Waals surface area contributed by atoms with E-state index in [1.807, 2.05) is 7.55 Å². The topological polar surface area (TPSA) is 24.1 Å². The van der Waals surface area contributed by atoms with Crippen molar-refractivity contribution in [1.29, 1.82) is 0 Å². The molecule has 3 heteroatoms. The van der Waals surface area contributed by atoms with Gasteiger partial charge >= 0.3 is 7.55 Å². The van der Waals surface area contributed by atoms with Crippen LogP contribution in [-0.4, -0.2) is 20.6 Å². The second kappa shape index (κ2) is 5.98. The minimum absolute atomic E-state index is 0.993. The highest BCUT2D eigenvalue weighted by atomic mass is 14.9. The molecule has 0 aromatic rings. The number of hydrogen-bond acceptors (Lipinski definition) is 2. The van der Waals surface area contributed by atoms with Crippen LogP contribution in [0.15, 0.2) is 0 Å². The van der Waals surface area contributed by atoms with Gasteiger partial charge in [-0.3, -0.25) is 0 Å². The van der Waals surface area contributed by atoms with Crippen molar-refractivity contribution < 1.29 is 0 Å². The van der Waals surface area contributed by atoms with Crippen molar-refractivity contribution in [3.63, 3.8) is 0 Å². The maximum absolute atomic E-state index is 3.01. The Morgan fingerprint density at radius 1 is 1.14 bits per heavy atom. The van der Waals surface area contributed by atoms with Crippen molar-refractivity contribution in [3.05, 3.63) is 0 Å². The van der Waals surface area contributed by atoms with E-state index >= 15 is 0 Å². The maximum Gasteiger partial charge on any atom is 0.307 e. The van der Waals surface area contributed by atoms with Crippen LogP contribution in [-0.2, 0) is 0 Å². The Morgan fingerprint density at radius 3 is 1.86 bits per heavy atom. The number of nitrogens with one attached hydrogen (secondary N) is 2. The zero-order valence-electron chi connectivity index (χ0n) is 4.99. The molecule has 0 atom stereocenters. The summed E-state index contributed by atoms with van der Waals surface area (Å²) in [6, 6.07) is 0. The first-order valence-electron chi connectivity index (χ1n) is 2.70. The standard InChI is InChI=1S/C4H12BN2/c1-3-6-5-7-4-2/h6-7H,3-4H2,1-2H3. The second-order valence-electron chi connectivity index (χ2n) is 1.26. The molecule has 0 fully saturated rings. The van der Waals surface area contributed by atoms with Crippen molar-refractivity contribution in [2.24, 2.45) is 0 Å². The summed E-state index contributed by atoms with van der Waals surface area (Å²) in [5, 5.41) is 6.03. The summed E-state index contributed by atoms with van der Waals surface area (Å²) in [7, 11) is 1.86. The van der Waals surface area contributed by atoms with Gasteiger partial charge in [0.05, 0.1) is 0 Å². The van der Waals surface area contributed by atoms with Gasteiger partial charge in [0.15, 0.2) is 0 Å². The van der Waals surface area contributed by atoms with Gasteiger partial charge in [0.25, 0.3) is 0 Å². The van der Waals surface area contributed by atoms with Crippen molar-refractivity contribution in [2.45, 2.75) is 13.8 Å². The van der Waals surface area contributed by atoms with E-state index in [4.69, 9.17) is 0 Å². The molecule has 0 aromatic heterocycles. The predicted molar refractivity (Wildman–Crippen MR) is 33.1 cm³/mol. The van der Waals surface area contributed by atoms with Crippen LogP contribution in [0.5, 0.6) is 0 Å². The molecule has 0 saturated carbocycles. The van der Waals surface area contributed by atoms with E-state index in [-0.39, 0.29) is 0 Å². The Morgan fingerprint density at radius 2 is 1.57 bits per heavy atom. The van der Waals surface area contributed by atoms with Crippen LogP contribution in [0.2, 0.25) is 0 Å². The van der Waals surface area contributed by atoms with Gasteiger partial charge in [-0.25, -0.2) is 0 Å². The Kier molecular flexibility index (Phi) is 5.97. The lowest BCUT2D eigenvalue weighted by Gasteiger charge is -1.95. The third-order valence-corrected chi connectivity index (χ3v) is 0.612. The monoisotopic (exact) mass is 99.1 g/mol. The van der Waals surface area contributed by atoms with E-state index in [9.17, 15) is 0 Å². The molecule has 0 aliphatic rings.